The molecule has 7 nitrogen and oxygen atoms in total. The zero-order valence-electron chi connectivity index (χ0n) is 10.4. The van der Waals surface area contributed by atoms with Crippen molar-refractivity contribution in [2.75, 3.05) is 17.7 Å². The molecular weight excluding hydrogens is 242 g/mol. The Bertz CT molecular complexity index is 677. The van der Waals surface area contributed by atoms with Crippen molar-refractivity contribution in [3.05, 3.63) is 42.9 Å². The molecule has 3 rings (SSSR count). The van der Waals surface area contributed by atoms with Crippen LogP contribution >= 0.6 is 0 Å². The summed E-state index contributed by atoms with van der Waals surface area (Å²) in [6.45, 7) is 0.575. The molecule has 0 atom stereocenters. The summed E-state index contributed by atoms with van der Waals surface area (Å²) in [5, 5.41) is 6.26. The van der Waals surface area contributed by atoms with Gasteiger partial charge < -0.3 is 15.0 Å². The lowest BCUT2D eigenvalue weighted by Gasteiger charge is -2.08. The highest BCUT2D eigenvalue weighted by Gasteiger charge is 2.06. The minimum atomic E-state index is 0.575. The topological polar surface area (TPSA) is 80.0 Å². The quantitative estimate of drug-likeness (QED) is 0.728. The molecule has 0 aliphatic heterocycles. The average molecular weight is 255 g/mol. The summed E-state index contributed by atoms with van der Waals surface area (Å²) in [7, 11) is 1.83. The van der Waals surface area contributed by atoms with E-state index in [2.05, 4.69) is 30.6 Å². The first kappa shape index (κ1) is 11.4. The Morgan fingerprint density at radius 2 is 2.21 bits per heavy atom. The van der Waals surface area contributed by atoms with Crippen LogP contribution in [-0.4, -0.2) is 31.4 Å². The minimum Gasteiger partial charge on any atom is -0.372 e. The number of nitrogens with one attached hydrogen (secondary N) is 2. The standard InChI is InChI=1S/C12H13N7/c1-13-10-7-19-5-4-15-12(19)11(18-10)16-6-9-2-3-14-8-17-9/h2-5,7-8,13H,6H2,1H3,(H,16,18). The van der Waals surface area contributed by atoms with E-state index in [4.69, 9.17) is 0 Å². The summed E-state index contributed by atoms with van der Waals surface area (Å²) in [4.78, 5) is 16.8. The van der Waals surface area contributed by atoms with Gasteiger partial charge in [-0.05, 0) is 6.07 Å². The molecule has 3 aromatic rings. The Balaban J connectivity index is 1.89. The lowest BCUT2D eigenvalue weighted by Crippen LogP contribution is -2.07. The van der Waals surface area contributed by atoms with E-state index in [1.807, 2.05) is 29.9 Å². The highest BCUT2D eigenvalue weighted by Crippen LogP contribution is 2.16. The molecule has 0 amide bonds. The summed E-state index contributed by atoms with van der Waals surface area (Å²) >= 11 is 0. The van der Waals surface area contributed by atoms with E-state index in [0.29, 0.717) is 6.54 Å². The number of anilines is 2. The van der Waals surface area contributed by atoms with Gasteiger partial charge in [-0.15, -0.1) is 0 Å². The smallest absolute Gasteiger partial charge is 0.180 e. The molecule has 0 fully saturated rings. The van der Waals surface area contributed by atoms with Crippen molar-refractivity contribution in [1.29, 1.82) is 0 Å². The van der Waals surface area contributed by atoms with Gasteiger partial charge in [0.2, 0.25) is 0 Å². The summed E-state index contributed by atoms with van der Waals surface area (Å²) < 4.78 is 1.92. The molecular formula is C12H13N7. The van der Waals surface area contributed by atoms with E-state index in [0.717, 1.165) is 23.0 Å². The van der Waals surface area contributed by atoms with Gasteiger partial charge in [0.25, 0.3) is 0 Å². The molecule has 0 spiro atoms. The Labute approximate surface area is 109 Å². The molecule has 0 aliphatic rings. The van der Waals surface area contributed by atoms with Gasteiger partial charge in [-0.1, -0.05) is 0 Å². The van der Waals surface area contributed by atoms with Crippen molar-refractivity contribution >= 4 is 17.3 Å². The van der Waals surface area contributed by atoms with Gasteiger partial charge in [-0.2, -0.15) is 0 Å². The van der Waals surface area contributed by atoms with Crippen LogP contribution in [-0.2, 0) is 6.54 Å². The molecule has 0 bridgehead atoms. The van der Waals surface area contributed by atoms with Crippen LogP contribution in [0.15, 0.2) is 37.2 Å². The van der Waals surface area contributed by atoms with E-state index in [9.17, 15) is 0 Å². The zero-order valence-corrected chi connectivity index (χ0v) is 10.4. The second-order valence-electron chi connectivity index (χ2n) is 3.94. The van der Waals surface area contributed by atoms with Crippen LogP contribution in [0, 0.1) is 0 Å². The number of imidazole rings is 1. The zero-order chi connectivity index (χ0) is 13.1. The van der Waals surface area contributed by atoms with Crippen molar-refractivity contribution in [2.24, 2.45) is 0 Å². The molecule has 0 aliphatic carbocycles. The number of fused-ring (bicyclic) bond motifs is 1. The second kappa shape index (κ2) is 4.89. The first-order valence-corrected chi connectivity index (χ1v) is 5.87. The Kier molecular flexibility index (Phi) is 2.93. The average Bonchev–Trinajstić information content (AvgIpc) is 2.94. The fraction of sp³-hybridized carbons (Fsp3) is 0.167. The largest absolute Gasteiger partial charge is 0.372 e. The number of rotatable bonds is 4. The van der Waals surface area contributed by atoms with Crippen LogP contribution in [0.1, 0.15) is 5.69 Å². The van der Waals surface area contributed by atoms with Crippen LogP contribution in [0.25, 0.3) is 5.65 Å². The molecule has 0 unspecified atom stereocenters. The van der Waals surface area contributed by atoms with Gasteiger partial charge in [-0.3, -0.25) is 0 Å². The highest BCUT2D eigenvalue weighted by molar-refractivity contribution is 5.65. The van der Waals surface area contributed by atoms with Crippen LogP contribution < -0.4 is 10.6 Å². The molecule has 0 saturated carbocycles. The molecule has 0 aromatic carbocycles. The third kappa shape index (κ3) is 2.30. The minimum absolute atomic E-state index is 0.575. The predicted molar refractivity (Wildman–Crippen MR) is 71.9 cm³/mol. The van der Waals surface area contributed by atoms with Crippen LogP contribution in [0.3, 0.4) is 0 Å². The second-order valence-corrected chi connectivity index (χ2v) is 3.94. The normalized spacial score (nSPS) is 10.6. The summed E-state index contributed by atoms with van der Waals surface area (Å²) in [5.41, 5.74) is 1.68. The van der Waals surface area contributed by atoms with Gasteiger partial charge in [0.05, 0.1) is 18.4 Å². The van der Waals surface area contributed by atoms with E-state index >= 15 is 0 Å². The van der Waals surface area contributed by atoms with Crippen LogP contribution in [0.2, 0.25) is 0 Å². The Morgan fingerprint density at radius 3 is 3.00 bits per heavy atom. The summed E-state index contributed by atoms with van der Waals surface area (Å²) in [6.07, 6.45) is 8.75. The van der Waals surface area contributed by atoms with Gasteiger partial charge in [-0.25, -0.2) is 19.9 Å². The third-order valence-corrected chi connectivity index (χ3v) is 2.71. The third-order valence-electron chi connectivity index (χ3n) is 2.71. The van der Waals surface area contributed by atoms with Crippen molar-refractivity contribution in [3.8, 4) is 0 Å². The maximum absolute atomic E-state index is 4.46. The Hall–Kier alpha value is -2.70. The van der Waals surface area contributed by atoms with Crippen molar-refractivity contribution in [3.63, 3.8) is 0 Å². The maximum atomic E-state index is 4.46. The number of aromatic nitrogens is 5. The fourth-order valence-electron chi connectivity index (χ4n) is 1.77. The summed E-state index contributed by atoms with van der Waals surface area (Å²) in [6, 6.07) is 1.86. The molecule has 7 heteroatoms. The van der Waals surface area contributed by atoms with E-state index < -0.39 is 0 Å². The first-order valence-electron chi connectivity index (χ1n) is 5.87. The number of nitrogens with zero attached hydrogens (tertiary/aromatic N) is 5. The van der Waals surface area contributed by atoms with E-state index in [-0.39, 0.29) is 0 Å². The van der Waals surface area contributed by atoms with Crippen molar-refractivity contribution < 1.29 is 0 Å². The van der Waals surface area contributed by atoms with Gasteiger partial charge in [0.1, 0.15) is 12.1 Å². The van der Waals surface area contributed by atoms with Gasteiger partial charge >= 0.3 is 0 Å². The monoisotopic (exact) mass is 255 g/mol. The Morgan fingerprint density at radius 1 is 1.26 bits per heavy atom. The molecule has 2 N–H and O–H groups in total. The number of hydrogen-bond donors (Lipinski definition) is 2. The van der Waals surface area contributed by atoms with Crippen molar-refractivity contribution in [2.45, 2.75) is 6.54 Å². The molecule has 19 heavy (non-hydrogen) atoms. The van der Waals surface area contributed by atoms with Crippen molar-refractivity contribution in [1.82, 2.24) is 24.3 Å². The van der Waals surface area contributed by atoms with Gasteiger partial charge in [0, 0.05) is 25.6 Å². The lowest BCUT2D eigenvalue weighted by molar-refractivity contribution is 0.990. The van der Waals surface area contributed by atoms with Gasteiger partial charge in [0.15, 0.2) is 11.5 Å². The lowest BCUT2D eigenvalue weighted by atomic mass is 10.4. The molecule has 0 saturated heterocycles. The molecule has 96 valence electrons. The molecule has 3 aromatic heterocycles. The summed E-state index contributed by atoms with van der Waals surface area (Å²) in [5.74, 6) is 1.49. The fourth-order valence-corrected chi connectivity index (χ4v) is 1.77. The van der Waals surface area contributed by atoms with Crippen LogP contribution in [0.4, 0.5) is 11.6 Å². The first-order chi connectivity index (χ1) is 9.36. The SMILES string of the molecule is CNc1cn2ccnc2c(NCc2ccncn2)n1. The maximum Gasteiger partial charge on any atom is 0.180 e. The molecule has 3 heterocycles. The highest BCUT2D eigenvalue weighted by atomic mass is 15.1. The van der Waals surface area contributed by atoms with E-state index in [1.165, 1.54) is 6.33 Å². The van der Waals surface area contributed by atoms with Crippen LogP contribution in [0.5, 0.6) is 0 Å². The van der Waals surface area contributed by atoms with E-state index in [1.54, 1.807) is 12.4 Å². The predicted octanol–water partition coefficient (Wildman–Crippen LogP) is 1.17. The molecule has 0 radical (unpaired) electrons. The number of hydrogen-bond acceptors (Lipinski definition) is 6.